The minimum atomic E-state index is -0.582. The number of piperidine rings is 1. The molecule has 0 aromatic rings. The van der Waals surface area contributed by atoms with Gasteiger partial charge in [-0.2, -0.15) is 0 Å². The van der Waals surface area contributed by atoms with Crippen LogP contribution >= 0.6 is 0 Å². The van der Waals surface area contributed by atoms with Gasteiger partial charge in [-0.15, -0.1) is 0 Å². The molecule has 1 fully saturated rings. The van der Waals surface area contributed by atoms with Crippen molar-refractivity contribution in [2.45, 2.75) is 58.2 Å². The van der Waals surface area contributed by atoms with E-state index in [1.165, 1.54) is 4.90 Å². The van der Waals surface area contributed by atoms with Crippen molar-refractivity contribution in [1.82, 2.24) is 9.80 Å². The van der Waals surface area contributed by atoms with E-state index in [1.54, 1.807) is 6.92 Å². The fourth-order valence-electron chi connectivity index (χ4n) is 2.38. The van der Waals surface area contributed by atoms with E-state index in [1.807, 2.05) is 34.9 Å². The van der Waals surface area contributed by atoms with Crippen molar-refractivity contribution in [1.29, 1.82) is 0 Å². The zero-order valence-corrected chi connectivity index (χ0v) is 14.0. The van der Waals surface area contributed by atoms with Crippen molar-refractivity contribution >= 4 is 12.1 Å². The number of ether oxygens (including phenoxy) is 2. The summed E-state index contributed by atoms with van der Waals surface area (Å²) in [7, 11) is 3.95. The van der Waals surface area contributed by atoms with E-state index in [-0.39, 0.29) is 12.0 Å². The Morgan fingerprint density at radius 2 is 1.86 bits per heavy atom. The maximum absolute atomic E-state index is 12.4. The lowest BCUT2D eigenvalue weighted by molar-refractivity contribution is -0.151. The van der Waals surface area contributed by atoms with Crippen molar-refractivity contribution < 1.29 is 19.1 Å². The van der Waals surface area contributed by atoms with Gasteiger partial charge in [0.25, 0.3) is 0 Å². The predicted octanol–water partition coefficient (Wildman–Crippen LogP) is 1.88. The molecule has 0 aromatic heterocycles. The molecule has 2 atom stereocenters. The summed E-state index contributed by atoms with van der Waals surface area (Å²) in [5, 5.41) is 0. The normalized spacial score (nSPS) is 23.1. The lowest BCUT2D eigenvalue weighted by atomic mass is 9.98. The van der Waals surface area contributed by atoms with E-state index < -0.39 is 17.7 Å². The highest BCUT2D eigenvalue weighted by Gasteiger charge is 2.39. The fourth-order valence-corrected chi connectivity index (χ4v) is 2.38. The third-order valence-corrected chi connectivity index (χ3v) is 3.47. The second-order valence-electron chi connectivity index (χ2n) is 6.60. The third kappa shape index (κ3) is 5.19. The summed E-state index contributed by atoms with van der Waals surface area (Å²) in [6.07, 6.45) is 1.00. The van der Waals surface area contributed by atoms with Gasteiger partial charge in [0, 0.05) is 12.6 Å². The zero-order valence-electron chi connectivity index (χ0n) is 14.0. The molecule has 0 aliphatic carbocycles. The molecule has 6 nitrogen and oxygen atoms in total. The Morgan fingerprint density at radius 1 is 1.24 bits per heavy atom. The van der Waals surface area contributed by atoms with Crippen LogP contribution in [-0.4, -0.2) is 66.8 Å². The van der Waals surface area contributed by atoms with Crippen LogP contribution in [0.25, 0.3) is 0 Å². The Labute approximate surface area is 127 Å². The number of carbonyl (C=O) groups excluding carboxylic acids is 2. The minimum absolute atomic E-state index is 0.225. The summed E-state index contributed by atoms with van der Waals surface area (Å²) in [4.78, 5) is 28.0. The number of esters is 1. The molecule has 122 valence electrons. The van der Waals surface area contributed by atoms with Gasteiger partial charge in [0.1, 0.15) is 11.6 Å². The van der Waals surface area contributed by atoms with E-state index in [0.717, 1.165) is 6.42 Å². The first kappa shape index (κ1) is 17.8. The van der Waals surface area contributed by atoms with Crippen LogP contribution in [0.2, 0.25) is 0 Å². The summed E-state index contributed by atoms with van der Waals surface area (Å²) < 4.78 is 10.5. The van der Waals surface area contributed by atoms with Crippen molar-refractivity contribution in [2.75, 3.05) is 27.2 Å². The lowest BCUT2D eigenvalue weighted by Crippen LogP contribution is -2.56. The Balaban J connectivity index is 2.86. The smallest absolute Gasteiger partial charge is 0.411 e. The van der Waals surface area contributed by atoms with Crippen molar-refractivity contribution in [3.63, 3.8) is 0 Å². The molecule has 0 aromatic carbocycles. The Hall–Kier alpha value is -1.30. The van der Waals surface area contributed by atoms with Crippen molar-refractivity contribution in [3.05, 3.63) is 0 Å². The molecule has 21 heavy (non-hydrogen) atoms. The highest BCUT2D eigenvalue weighted by molar-refractivity contribution is 5.81. The summed E-state index contributed by atoms with van der Waals surface area (Å²) in [6.45, 7) is 8.01. The number of hydrogen-bond donors (Lipinski definition) is 0. The molecule has 0 spiro atoms. The van der Waals surface area contributed by atoms with Gasteiger partial charge in [0.2, 0.25) is 0 Å². The van der Waals surface area contributed by atoms with Crippen LogP contribution in [-0.2, 0) is 14.3 Å². The first-order valence-electron chi connectivity index (χ1n) is 7.48. The molecule has 1 saturated heterocycles. The third-order valence-electron chi connectivity index (χ3n) is 3.47. The Morgan fingerprint density at radius 3 is 2.33 bits per heavy atom. The van der Waals surface area contributed by atoms with Gasteiger partial charge in [-0.05, 0) is 54.6 Å². The number of amides is 1. The SMILES string of the molecule is CCOC(=O)[C@H]1CC[C@@H](N(C)C)CN1C(=O)OC(C)(C)C. The van der Waals surface area contributed by atoms with Crippen LogP contribution in [0.5, 0.6) is 0 Å². The van der Waals surface area contributed by atoms with Gasteiger partial charge in [-0.1, -0.05) is 0 Å². The minimum Gasteiger partial charge on any atom is -0.464 e. The average molecular weight is 300 g/mol. The number of carbonyl (C=O) groups is 2. The van der Waals surface area contributed by atoms with Crippen LogP contribution < -0.4 is 0 Å². The molecule has 1 aliphatic heterocycles. The van der Waals surface area contributed by atoms with E-state index in [0.29, 0.717) is 19.6 Å². The van der Waals surface area contributed by atoms with E-state index in [2.05, 4.69) is 4.90 Å². The second-order valence-corrected chi connectivity index (χ2v) is 6.60. The summed E-state index contributed by atoms with van der Waals surface area (Å²) >= 11 is 0. The largest absolute Gasteiger partial charge is 0.464 e. The highest BCUT2D eigenvalue weighted by Crippen LogP contribution is 2.23. The highest BCUT2D eigenvalue weighted by atomic mass is 16.6. The molecule has 1 heterocycles. The summed E-state index contributed by atoms with van der Waals surface area (Å²) in [5.74, 6) is -0.347. The summed E-state index contributed by atoms with van der Waals surface area (Å²) in [6, 6.07) is -0.320. The number of hydrogen-bond acceptors (Lipinski definition) is 5. The monoisotopic (exact) mass is 300 g/mol. The quantitative estimate of drug-likeness (QED) is 0.745. The molecule has 0 N–H and O–H groups in total. The van der Waals surface area contributed by atoms with Crippen LogP contribution in [0.3, 0.4) is 0 Å². The first-order valence-corrected chi connectivity index (χ1v) is 7.48. The second kappa shape index (κ2) is 7.11. The van der Waals surface area contributed by atoms with Crippen LogP contribution in [0.4, 0.5) is 4.79 Å². The molecule has 0 radical (unpaired) electrons. The van der Waals surface area contributed by atoms with Crippen molar-refractivity contribution in [3.8, 4) is 0 Å². The van der Waals surface area contributed by atoms with Gasteiger partial charge < -0.3 is 14.4 Å². The molecule has 1 amide bonds. The number of nitrogens with zero attached hydrogens (tertiary/aromatic N) is 2. The molecule has 0 unspecified atom stereocenters. The molecular weight excluding hydrogens is 272 g/mol. The van der Waals surface area contributed by atoms with Crippen LogP contribution in [0.1, 0.15) is 40.5 Å². The molecule has 0 bridgehead atoms. The van der Waals surface area contributed by atoms with Gasteiger partial charge >= 0.3 is 12.1 Å². The maximum Gasteiger partial charge on any atom is 0.411 e. The van der Waals surface area contributed by atoms with Gasteiger partial charge in [0.05, 0.1) is 6.61 Å². The molecular formula is C15H28N2O4. The fraction of sp³-hybridized carbons (Fsp3) is 0.867. The predicted molar refractivity (Wildman–Crippen MR) is 80.1 cm³/mol. The maximum atomic E-state index is 12.4. The topological polar surface area (TPSA) is 59.1 Å². The number of likely N-dealkylation sites (tertiary alicyclic amines) is 1. The number of likely N-dealkylation sites (N-methyl/N-ethyl adjacent to an activating group) is 1. The molecule has 1 aliphatic rings. The molecule has 0 saturated carbocycles. The average Bonchev–Trinajstić information content (AvgIpc) is 2.36. The molecule has 6 heteroatoms. The van der Waals surface area contributed by atoms with E-state index >= 15 is 0 Å². The standard InChI is InChI=1S/C15H28N2O4/c1-7-20-13(18)12-9-8-11(16(5)6)10-17(12)14(19)21-15(2,3)4/h11-12H,7-10H2,1-6H3/t11-,12-/m1/s1. The first-order chi connectivity index (χ1) is 9.65. The van der Waals surface area contributed by atoms with Crippen molar-refractivity contribution in [2.24, 2.45) is 0 Å². The zero-order chi connectivity index (χ0) is 16.2. The Bertz CT molecular complexity index is 376. The van der Waals surface area contributed by atoms with Crippen LogP contribution in [0, 0.1) is 0 Å². The number of rotatable bonds is 3. The van der Waals surface area contributed by atoms with Gasteiger partial charge in [0.15, 0.2) is 0 Å². The summed E-state index contributed by atoms with van der Waals surface area (Å²) in [5.41, 5.74) is -0.582. The van der Waals surface area contributed by atoms with Gasteiger partial charge in [-0.3, -0.25) is 4.90 Å². The van der Waals surface area contributed by atoms with E-state index in [4.69, 9.17) is 9.47 Å². The Kier molecular flexibility index (Phi) is 6.01. The van der Waals surface area contributed by atoms with Gasteiger partial charge in [-0.25, -0.2) is 9.59 Å². The van der Waals surface area contributed by atoms with E-state index in [9.17, 15) is 9.59 Å². The molecule has 1 rings (SSSR count). The lowest BCUT2D eigenvalue weighted by Gasteiger charge is -2.40. The van der Waals surface area contributed by atoms with Crippen LogP contribution in [0.15, 0.2) is 0 Å².